The van der Waals surface area contributed by atoms with Gasteiger partial charge in [-0.25, -0.2) is 0 Å². The summed E-state index contributed by atoms with van der Waals surface area (Å²) in [6, 6.07) is 3.87. The summed E-state index contributed by atoms with van der Waals surface area (Å²) in [4.78, 5) is 7.00. The Labute approximate surface area is 167 Å². The van der Waals surface area contributed by atoms with E-state index in [-0.39, 0.29) is 36.6 Å². The van der Waals surface area contributed by atoms with E-state index in [0.29, 0.717) is 0 Å². The summed E-state index contributed by atoms with van der Waals surface area (Å²) in [7, 11) is 0. The van der Waals surface area contributed by atoms with E-state index < -0.39 is 0 Å². The van der Waals surface area contributed by atoms with Gasteiger partial charge in [-0.3, -0.25) is 9.89 Å². The number of halogens is 1. The molecule has 3 N–H and O–H groups in total. The van der Waals surface area contributed by atoms with Crippen molar-refractivity contribution < 1.29 is 14.3 Å². The molecule has 0 bridgehead atoms. The SMILES string of the molecule is CC[C@H](CO)NC(=NCCN1CCOCC1)NCCc1ccco1.I. The van der Waals surface area contributed by atoms with Gasteiger partial charge in [0.15, 0.2) is 5.96 Å². The third kappa shape index (κ3) is 8.89. The average Bonchev–Trinajstić information content (AvgIpc) is 3.13. The van der Waals surface area contributed by atoms with Gasteiger partial charge in [0.1, 0.15) is 5.76 Å². The largest absolute Gasteiger partial charge is 0.469 e. The fraction of sp³-hybridized carbons (Fsp3) is 0.706. The Morgan fingerprint density at radius 2 is 2.20 bits per heavy atom. The predicted octanol–water partition coefficient (Wildman–Crippen LogP) is 1.08. The second-order valence-corrected chi connectivity index (χ2v) is 5.87. The number of hydrogen-bond donors (Lipinski definition) is 3. The molecule has 0 spiro atoms. The minimum Gasteiger partial charge on any atom is -0.469 e. The Kier molecular flexibility index (Phi) is 11.9. The molecule has 1 aliphatic rings. The third-order valence-corrected chi connectivity index (χ3v) is 4.09. The van der Waals surface area contributed by atoms with Gasteiger partial charge in [0.05, 0.1) is 38.7 Å². The maximum Gasteiger partial charge on any atom is 0.191 e. The lowest BCUT2D eigenvalue weighted by atomic mass is 10.2. The van der Waals surface area contributed by atoms with Gasteiger partial charge in [-0.2, -0.15) is 0 Å². The Bertz CT molecular complexity index is 460. The molecule has 0 aliphatic carbocycles. The lowest BCUT2D eigenvalue weighted by Crippen LogP contribution is -2.46. The van der Waals surface area contributed by atoms with E-state index in [9.17, 15) is 5.11 Å². The molecule has 2 heterocycles. The zero-order valence-corrected chi connectivity index (χ0v) is 17.3. The van der Waals surface area contributed by atoms with Gasteiger partial charge in [0.25, 0.3) is 0 Å². The Morgan fingerprint density at radius 3 is 2.84 bits per heavy atom. The maximum absolute atomic E-state index is 9.40. The van der Waals surface area contributed by atoms with Crippen LogP contribution in [0.1, 0.15) is 19.1 Å². The molecule has 0 amide bonds. The van der Waals surface area contributed by atoms with Gasteiger partial charge in [-0.05, 0) is 18.6 Å². The second-order valence-electron chi connectivity index (χ2n) is 5.87. The molecule has 8 heteroatoms. The smallest absolute Gasteiger partial charge is 0.191 e. The second kappa shape index (κ2) is 13.4. The van der Waals surface area contributed by atoms with Crippen LogP contribution in [0.2, 0.25) is 0 Å². The third-order valence-electron chi connectivity index (χ3n) is 4.09. The van der Waals surface area contributed by atoms with E-state index in [1.807, 2.05) is 19.1 Å². The van der Waals surface area contributed by atoms with Crippen LogP contribution in [0.25, 0.3) is 0 Å². The summed E-state index contributed by atoms with van der Waals surface area (Å²) in [5.41, 5.74) is 0. The van der Waals surface area contributed by atoms with Crippen molar-refractivity contribution in [2.45, 2.75) is 25.8 Å². The highest BCUT2D eigenvalue weighted by Crippen LogP contribution is 2.00. The number of rotatable bonds is 9. The normalized spacial score (nSPS) is 17.0. The summed E-state index contributed by atoms with van der Waals surface area (Å²) in [6.07, 6.45) is 3.33. The topological polar surface area (TPSA) is 82.3 Å². The summed E-state index contributed by atoms with van der Waals surface area (Å²) in [6.45, 7) is 8.07. The van der Waals surface area contributed by atoms with Gasteiger partial charge < -0.3 is 24.9 Å². The fourth-order valence-corrected chi connectivity index (χ4v) is 2.51. The number of aliphatic imine (C=N–C) groups is 1. The molecule has 2 rings (SSSR count). The molecule has 0 saturated carbocycles. The molecule has 7 nitrogen and oxygen atoms in total. The number of nitrogens with zero attached hydrogens (tertiary/aromatic N) is 2. The van der Waals surface area contributed by atoms with Crippen LogP contribution in [0.5, 0.6) is 0 Å². The van der Waals surface area contributed by atoms with Crippen molar-refractivity contribution in [3.05, 3.63) is 24.2 Å². The monoisotopic (exact) mass is 466 g/mol. The lowest BCUT2D eigenvalue weighted by Gasteiger charge is -2.26. The zero-order chi connectivity index (χ0) is 17.0. The van der Waals surface area contributed by atoms with E-state index in [4.69, 9.17) is 9.15 Å². The van der Waals surface area contributed by atoms with E-state index >= 15 is 0 Å². The van der Waals surface area contributed by atoms with Crippen LogP contribution >= 0.6 is 24.0 Å². The molecule has 1 atom stereocenters. The first kappa shape index (κ1) is 22.2. The first-order chi connectivity index (χ1) is 11.8. The van der Waals surface area contributed by atoms with Crippen LogP contribution in [0.15, 0.2) is 27.8 Å². The van der Waals surface area contributed by atoms with Crippen molar-refractivity contribution in [3.8, 4) is 0 Å². The average molecular weight is 466 g/mol. The van der Waals surface area contributed by atoms with Crippen LogP contribution < -0.4 is 10.6 Å². The van der Waals surface area contributed by atoms with Crippen molar-refractivity contribution in [3.63, 3.8) is 0 Å². The number of aliphatic hydroxyl groups excluding tert-OH is 1. The van der Waals surface area contributed by atoms with Crippen molar-refractivity contribution in [1.82, 2.24) is 15.5 Å². The molecule has 1 aromatic heterocycles. The number of guanidine groups is 1. The molecule has 1 saturated heterocycles. The first-order valence-corrected chi connectivity index (χ1v) is 8.80. The van der Waals surface area contributed by atoms with Crippen LogP contribution in [0.4, 0.5) is 0 Å². The molecule has 1 fully saturated rings. The van der Waals surface area contributed by atoms with Gasteiger partial charge in [-0.15, -0.1) is 24.0 Å². The van der Waals surface area contributed by atoms with Crippen molar-refractivity contribution >= 4 is 29.9 Å². The van der Waals surface area contributed by atoms with Gasteiger partial charge in [0.2, 0.25) is 0 Å². The first-order valence-electron chi connectivity index (χ1n) is 8.80. The minimum absolute atomic E-state index is 0. The van der Waals surface area contributed by atoms with Crippen molar-refractivity contribution in [1.29, 1.82) is 0 Å². The van der Waals surface area contributed by atoms with E-state index in [0.717, 1.165) is 70.5 Å². The standard InChI is InChI=1S/C17H30N4O3.HI/c1-2-15(14-22)20-17(18-6-5-16-4-3-11-24-16)19-7-8-21-9-12-23-13-10-21;/h3-4,11,15,22H,2,5-10,12-14H2,1H3,(H2,18,19,20);1H/t15-;/m1./s1. The van der Waals surface area contributed by atoms with Crippen molar-refractivity contribution in [2.75, 3.05) is 52.5 Å². The summed E-state index contributed by atoms with van der Waals surface area (Å²) < 4.78 is 10.7. The number of aliphatic hydroxyl groups is 1. The number of morpholine rings is 1. The van der Waals surface area contributed by atoms with Crippen LogP contribution in [0.3, 0.4) is 0 Å². The number of nitrogens with one attached hydrogen (secondary N) is 2. The zero-order valence-electron chi connectivity index (χ0n) is 14.9. The van der Waals surface area contributed by atoms with Crippen molar-refractivity contribution in [2.24, 2.45) is 4.99 Å². The van der Waals surface area contributed by atoms with Crippen LogP contribution in [0, 0.1) is 0 Å². The number of hydrogen-bond acceptors (Lipinski definition) is 5. The molecule has 144 valence electrons. The predicted molar refractivity (Wildman–Crippen MR) is 110 cm³/mol. The fourth-order valence-electron chi connectivity index (χ4n) is 2.51. The number of ether oxygens (including phenoxy) is 1. The molecule has 25 heavy (non-hydrogen) atoms. The summed E-state index contributed by atoms with van der Waals surface area (Å²) in [5, 5.41) is 16.0. The molecule has 0 radical (unpaired) electrons. The minimum atomic E-state index is 0. The summed E-state index contributed by atoms with van der Waals surface area (Å²) >= 11 is 0. The highest BCUT2D eigenvalue weighted by atomic mass is 127. The summed E-state index contributed by atoms with van der Waals surface area (Å²) in [5.74, 6) is 1.69. The molecule has 1 aliphatic heterocycles. The van der Waals surface area contributed by atoms with Crippen LogP contribution in [-0.2, 0) is 11.2 Å². The molecule has 1 aromatic rings. The van der Waals surface area contributed by atoms with Crippen LogP contribution in [-0.4, -0.2) is 74.6 Å². The molecule has 0 aromatic carbocycles. The molecular weight excluding hydrogens is 435 g/mol. The van der Waals surface area contributed by atoms with E-state index in [1.165, 1.54) is 0 Å². The highest BCUT2D eigenvalue weighted by molar-refractivity contribution is 14.0. The Morgan fingerprint density at radius 1 is 1.40 bits per heavy atom. The van der Waals surface area contributed by atoms with E-state index in [2.05, 4.69) is 20.5 Å². The Balaban J connectivity index is 0.00000312. The molecular formula is C17H31IN4O3. The van der Waals surface area contributed by atoms with E-state index in [1.54, 1.807) is 6.26 Å². The quantitative estimate of drug-likeness (QED) is 0.287. The Hall–Kier alpha value is -0.840. The van der Waals surface area contributed by atoms with Gasteiger partial charge >= 0.3 is 0 Å². The maximum atomic E-state index is 9.40. The van der Waals surface area contributed by atoms with Gasteiger partial charge in [0, 0.05) is 32.6 Å². The highest BCUT2D eigenvalue weighted by Gasteiger charge is 2.10. The molecule has 0 unspecified atom stereocenters. The number of furan rings is 1. The lowest BCUT2D eigenvalue weighted by molar-refractivity contribution is 0.0394. The van der Waals surface area contributed by atoms with Gasteiger partial charge in [-0.1, -0.05) is 6.92 Å².